The first-order valence-corrected chi connectivity index (χ1v) is 8.64. The van der Waals surface area contributed by atoms with Crippen molar-refractivity contribution in [1.82, 2.24) is 0 Å². The molecular formula is C20H25BrF2. The molecule has 0 spiro atoms. The average Bonchev–Trinajstić information content (AvgIpc) is 2.42. The van der Waals surface area contributed by atoms with E-state index in [-0.39, 0.29) is 23.5 Å². The van der Waals surface area contributed by atoms with Crippen LogP contribution in [0.1, 0.15) is 61.8 Å². The topological polar surface area (TPSA) is 0 Å². The summed E-state index contributed by atoms with van der Waals surface area (Å²) >= 11 is 3.38. The molecule has 0 atom stereocenters. The standard InChI is InChI=1S/C10H12BrF.C10H13F/c1-6(2)8-5-9(11)7(3)4-10(8)12;1-7(2)9-5-4-8(3)6-10(9)11/h4-6H,1-3H3;4-7H,1-3H3. The summed E-state index contributed by atoms with van der Waals surface area (Å²) in [6.45, 7) is 11.7. The number of rotatable bonds is 2. The van der Waals surface area contributed by atoms with E-state index >= 15 is 0 Å². The van der Waals surface area contributed by atoms with E-state index in [1.165, 1.54) is 0 Å². The van der Waals surface area contributed by atoms with Crippen LogP contribution in [-0.2, 0) is 0 Å². The van der Waals surface area contributed by atoms with E-state index in [0.29, 0.717) is 0 Å². The minimum Gasteiger partial charge on any atom is -0.207 e. The number of aryl methyl sites for hydroxylation is 2. The fraction of sp³-hybridized carbons (Fsp3) is 0.400. The zero-order chi connectivity index (χ0) is 17.7. The van der Waals surface area contributed by atoms with Crippen LogP contribution in [0.4, 0.5) is 8.78 Å². The van der Waals surface area contributed by atoms with Crippen molar-refractivity contribution in [2.75, 3.05) is 0 Å². The van der Waals surface area contributed by atoms with E-state index in [0.717, 1.165) is 26.7 Å². The van der Waals surface area contributed by atoms with Crippen LogP contribution in [0.15, 0.2) is 34.8 Å². The lowest BCUT2D eigenvalue weighted by Gasteiger charge is -2.08. The Morgan fingerprint density at radius 2 is 1.30 bits per heavy atom. The monoisotopic (exact) mass is 382 g/mol. The Labute approximate surface area is 147 Å². The molecule has 0 amide bonds. The molecular weight excluding hydrogens is 358 g/mol. The summed E-state index contributed by atoms with van der Waals surface area (Å²) in [5.74, 6) is 0.322. The summed E-state index contributed by atoms with van der Waals surface area (Å²) in [4.78, 5) is 0. The Hall–Kier alpha value is -1.22. The van der Waals surface area contributed by atoms with Gasteiger partial charge in [-0.2, -0.15) is 0 Å². The molecule has 0 N–H and O–H groups in total. The Bertz CT molecular complexity index is 661. The van der Waals surface area contributed by atoms with Crippen LogP contribution < -0.4 is 0 Å². The van der Waals surface area contributed by atoms with Gasteiger partial charge in [0.2, 0.25) is 0 Å². The van der Waals surface area contributed by atoms with Crippen molar-refractivity contribution in [2.45, 2.75) is 53.4 Å². The maximum absolute atomic E-state index is 13.3. The van der Waals surface area contributed by atoms with E-state index in [4.69, 9.17) is 0 Å². The highest BCUT2D eigenvalue weighted by molar-refractivity contribution is 9.10. The third kappa shape index (κ3) is 5.72. The van der Waals surface area contributed by atoms with Crippen LogP contribution in [0.3, 0.4) is 0 Å². The molecule has 0 saturated heterocycles. The molecule has 0 fully saturated rings. The Balaban J connectivity index is 0.000000231. The number of halogens is 3. The average molecular weight is 383 g/mol. The van der Waals surface area contributed by atoms with Crippen molar-refractivity contribution < 1.29 is 8.78 Å². The van der Waals surface area contributed by atoms with E-state index in [9.17, 15) is 8.78 Å². The Morgan fingerprint density at radius 3 is 1.78 bits per heavy atom. The van der Waals surface area contributed by atoms with Gasteiger partial charge in [-0.05, 0) is 66.1 Å². The highest BCUT2D eigenvalue weighted by Crippen LogP contribution is 2.25. The van der Waals surface area contributed by atoms with E-state index in [1.54, 1.807) is 12.1 Å². The second-order valence-corrected chi connectivity index (χ2v) is 7.31. The van der Waals surface area contributed by atoms with Gasteiger partial charge in [-0.1, -0.05) is 55.8 Å². The molecule has 0 bridgehead atoms. The van der Waals surface area contributed by atoms with Crippen molar-refractivity contribution in [3.05, 3.63) is 68.7 Å². The van der Waals surface area contributed by atoms with Crippen molar-refractivity contribution in [1.29, 1.82) is 0 Å². The van der Waals surface area contributed by atoms with Gasteiger partial charge in [-0.3, -0.25) is 0 Å². The molecule has 23 heavy (non-hydrogen) atoms. The Kier molecular flexibility index (Phi) is 7.40. The fourth-order valence-corrected chi connectivity index (χ4v) is 2.57. The zero-order valence-electron chi connectivity index (χ0n) is 14.7. The number of hydrogen-bond donors (Lipinski definition) is 0. The molecule has 126 valence electrons. The van der Waals surface area contributed by atoms with Gasteiger partial charge < -0.3 is 0 Å². The molecule has 0 aliphatic carbocycles. The van der Waals surface area contributed by atoms with Gasteiger partial charge in [0, 0.05) is 4.47 Å². The van der Waals surface area contributed by atoms with E-state index in [2.05, 4.69) is 15.9 Å². The first kappa shape index (κ1) is 19.8. The van der Waals surface area contributed by atoms with Crippen LogP contribution in [0.5, 0.6) is 0 Å². The van der Waals surface area contributed by atoms with Crippen molar-refractivity contribution in [2.24, 2.45) is 0 Å². The fourth-order valence-electron chi connectivity index (χ4n) is 2.20. The smallest absolute Gasteiger partial charge is 0.126 e. The summed E-state index contributed by atoms with van der Waals surface area (Å²) in [6.07, 6.45) is 0. The molecule has 0 aliphatic heterocycles. The van der Waals surface area contributed by atoms with Gasteiger partial charge in [0.15, 0.2) is 0 Å². The summed E-state index contributed by atoms with van der Waals surface area (Å²) < 4.78 is 27.3. The quantitative estimate of drug-likeness (QED) is 0.511. The second-order valence-electron chi connectivity index (χ2n) is 6.46. The van der Waals surface area contributed by atoms with Gasteiger partial charge in [0.05, 0.1) is 0 Å². The lowest BCUT2D eigenvalue weighted by Crippen LogP contribution is -1.94. The van der Waals surface area contributed by atoms with Gasteiger partial charge >= 0.3 is 0 Å². The number of hydrogen-bond acceptors (Lipinski definition) is 0. The largest absolute Gasteiger partial charge is 0.207 e. The molecule has 0 aliphatic rings. The van der Waals surface area contributed by atoms with E-state index in [1.807, 2.05) is 59.7 Å². The number of benzene rings is 2. The van der Waals surface area contributed by atoms with Crippen LogP contribution >= 0.6 is 15.9 Å². The molecule has 3 heteroatoms. The molecule has 0 radical (unpaired) electrons. The maximum atomic E-state index is 13.3. The molecule has 0 aromatic heterocycles. The summed E-state index contributed by atoms with van der Waals surface area (Å²) in [5.41, 5.74) is 3.49. The van der Waals surface area contributed by atoms with Crippen LogP contribution in [0, 0.1) is 25.5 Å². The molecule has 2 aromatic carbocycles. The highest BCUT2D eigenvalue weighted by atomic mass is 79.9. The second kappa shape index (κ2) is 8.58. The Morgan fingerprint density at radius 1 is 0.783 bits per heavy atom. The third-order valence-electron chi connectivity index (χ3n) is 3.68. The van der Waals surface area contributed by atoms with Gasteiger partial charge in [-0.15, -0.1) is 0 Å². The first-order valence-electron chi connectivity index (χ1n) is 7.85. The van der Waals surface area contributed by atoms with Gasteiger partial charge in [0.25, 0.3) is 0 Å². The van der Waals surface area contributed by atoms with Crippen LogP contribution in [0.2, 0.25) is 0 Å². The molecule has 2 rings (SSSR count). The SMILES string of the molecule is Cc1cc(F)c(C(C)C)cc1Br.Cc1ccc(C(C)C)c(F)c1. The lowest BCUT2D eigenvalue weighted by molar-refractivity contribution is 0.596. The van der Waals surface area contributed by atoms with Gasteiger partial charge in [-0.25, -0.2) is 8.78 Å². The molecule has 2 aromatic rings. The summed E-state index contributed by atoms with van der Waals surface area (Å²) in [5, 5.41) is 0. The molecule has 0 unspecified atom stereocenters. The van der Waals surface area contributed by atoms with Crippen molar-refractivity contribution >= 4 is 15.9 Å². The van der Waals surface area contributed by atoms with Crippen molar-refractivity contribution in [3.63, 3.8) is 0 Å². The minimum absolute atomic E-state index is 0.0833. The van der Waals surface area contributed by atoms with Crippen LogP contribution in [0.25, 0.3) is 0 Å². The molecule has 0 nitrogen and oxygen atoms in total. The van der Waals surface area contributed by atoms with Gasteiger partial charge in [0.1, 0.15) is 11.6 Å². The molecule has 0 saturated carbocycles. The predicted molar refractivity (Wildman–Crippen MR) is 98.2 cm³/mol. The maximum Gasteiger partial charge on any atom is 0.126 e. The van der Waals surface area contributed by atoms with E-state index < -0.39 is 0 Å². The summed E-state index contributed by atoms with van der Waals surface area (Å²) in [7, 11) is 0. The zero-order valence-corrected chi connectivity index (χ0v) is 16.3. The predicted octanol–water partition coefficient (Wildman–Crippen LogP) is 7.28. The molecule has 0 heterocycles. The third-order valence-corrected chi connectivity index (χ3v) is 4.53. The minimum atomic E-state index is -0.106. The van der Waals surface area contributed by atoms with Crippen LogP contribution in [-0.4, -0.2) is 0 Å². The summed E-state index contributed by atoms with van der Waals surface area (Å²) in [6, 6.07) is 8.80. The first-order chi connectivity index (χ1) is 10.6. The highest BCUT2D eigenvalue weighted by Gasteiger charge is 2.08. The normalized spacial score (nSPS) is 10.7. The van der Waals surface area contributed by atoms with Crippen molar-refractivity contribution in [3.8, 4) is 0 Å². The lowest BCUT2D eigenvalue weighted by atomic mass is 10.0.